The van der Waals surface area contributed by atoms with Crippen LogP contribution in [-0.2, 0) is 0 Å². The fourth-order valence-electron chi connectivity index (χ4n) is 2.68. The van der Waals surface area contributed by atoms with Crippen molar-refractivity contribution < 1.29 is 14.3 Å². The van der Waals surface area contributed by atoms with Crippen molar-refractivity contribution >= 4 is 23.2 Å². The Bertz CT molecular complexity index is 1150. The highest BCUT2D eigenvalue weighted by Crippen LogP contribution is 2.25. The Hall–Kier alpha value is -3.91. The van der Waals surface area contributed by atoms with Gasteiger partial charge in [0.05, 0.1) is 12.7 Å². The summed E-state index contributed by atoms with van der Waals surface area (Å²) in [6.45, 7) is 0. The maximum atomic E-state index is 12.5. The van der Waals surface area contributed by atoms with Gasteiger partial charge >= 0.3 is 0 Å². The molecule has 0 radical (unpaired) electrons. The van der Waals surface area contributed by atoms with E-state index in [0.29, 0.717) is 39.5 Å². The van der Waals surface area contributed by atoms with Crippen LogP contribution < -0.4 is 14.8 Å². The van der Waals surface area contributed by atoms with E-state index >= 15 is 0 Å². The van der Waals surface area contributed by atoms with E-state index in [1.165, 1.54) is 7.11 Å². The van der Waals surface area contributed by atoms with E-state index in [-0.39, 0.29) is 5.91 Å². The van der Waals surface area contributed by atoms with E-state index in [9.17, 15) is 4.79 Å². The summed E-state index contributed by atoms with van der Waals surface area (Å²) in [6.07, 6.45) is 5.07. The van der Waals surface area contributed by atoms with Crippen LogP contribution in [0.15, 0.2) is 73.3 Å². The van der Waals surface area contributed by atoms with Crippen LogP contribution in [0.4, 0.5) is 5.69 Å². The second-order valence-electron chi connectivity index (χ2n) is 6.12. The number of ether oxygens (including phenoxy) is 2. The topological polar surface area (TPSA) is 91.2 Å². The molecule has 4 rings (SSSR count). The number of hydrogen-bond donors (Lipinski definition) is 1. The second kappa shape index (κ2) is 8.62. The standard InChI is InChI=1S/C21H16ClN5O3/c1-29-18-7-2-14(22)12-17(18)21(28)24-15-3-5-16(6-4-15)30-20-9-8-19(25-26-20)27-11-10-23-13-27/h2-13H,1H3,(H,24,28). The molecule has 0 bridgehead atoms. The summed E-state index contributed by atoms with van der Waals surface area (Å²) in [4.78, 5) is 16.5. The molecule has 1 amide bonds. The van der Waals surface area contributed by atoms with Crippen LogP contribution in [0, 0.1) is 0 Å². The highest BCUT2D eigenvalue weighted by atomic mass is 35.5. The summed E-state index contributed by atoms with van der Waals surface area (Å²) in [5, 5.41) is 11.4. The first-order chi connectivity index (χ1) is 14.6. The summed E-state index contributed by atoms with van der Waals surface area (Å²) < 4.78 is 12.7. The number of benzene rings is 2. The van der Waals surface area contributed by atoms with Gasteiger partial charge in [0.25, 0.3) is 5.91 Å². The minimum Gasteiger partial charge on any atom is -0.496 e. The van der Waals surface area contributed by atoms with E-state index in [4.69, 9.17) is 21.1 Å². The summed E-state index contributed by atoms with van der Waals surface area (Å²) in [5.74, 6) is 1.64. The van der Waals surface area contributed by atoms with Crippen LogP contribution in [0.5, 0.6) is 17.4 Å². The molecule has 2 aromatic heterocycles. The number of rotatable bonds is 6. The molecule has 30 heavy (non-hydrogen) atoms. The highest BCUT2D eigenvalue weighted by Gasteiger charge is 2.13. The zero-order valence-corrected chi connectivity index (χ0v) is 16.6. The molecule has 0 saturated heterocycles. The minimum atomic E-state index is -0.330. The maximum absolute atomic E-state index is 12.5. The molecule has 0 unspecified atom stereocenters. The molecule has 0 atom stereocenters. The van der Waals surface area contributed by atoms with Crippen molar-refractivity contribution in [2.24, 2.45) is 0 Å². The molecule has 2 aromatic carbocycles. The molecule has 0 fully saturated rings. The quantitative estimate of drug-likeness (QED) is 0.497. The van der Waals surface area contributed by atoms with Gasteiger partial charge in [-0.3, -0.25) is 9.36 Å². The van der Waals surface area contributed by atoms with Crippen molar-refractivity contribution in [1.82, 2.24) is 19.7 Å². The van der Waals surface area contributed by atoms with Gasteiger partial charge in [-0.25, -0.2) is 4.98 Å². The van der Waals surface area contributed by atoms with Gasteiger partial charge in [-0.05, 0) is 48.5 Å². The molecule has 0 aliphatic rings. The zero-order valence-electron chi connectivity index (χ0n) is 15.8. The number of anilines is 1. The molecule has 8 nitrogen and oxygen atoms in total. The van der Waals surface area contributed by atoms with Crippen molar-refractivity contribution in [3.05, 3.63) is 83.9 Å². The van der Waals surface area contributed by atoms with Gasteiger partial charge < -0.3 is 14.8 Å². The largest absolute Gasteiger partial charge is 0.496 e. The van der Waals surface area contributed by atoms with Crippen molar-refractivity contribution in [2.75, 3.05) is 12.4 Å². The molecule has 4 aromatic rings. The fourth-order valence-corrected chi connectivity index (χ4v) is 2.86. The first-order valence-corrected chi connectivity index (χ1v) is 9.25. The van der Waals surface area contributed by atoms with Crippen molar-refractivity contribution in [3.8, 4) is 23.2 Å². The normalized spacial score (nSPS) is 10.5. The number of amides is 1. The molecule has 1 N–H and O–H groups in total. The Balaban J connectivity index is 1.42. The molecule has 2 heterocycles. The van der Waals surface area contributed by atoms with Gasteiger partial charge in [0.2, 0.25) is 5.88 Å². The van der Waals surface area contributed by atoms with E-state index in [0.717, 1.165) is 0 Å². The molecule has 0 spiro atoms. The van der Waals surface area contributed by atoms with Crippen LogP contribution in [0.2, 0.25) is 5.02 Å². The number of halogens is 1. The molecule has 0 aliphatic heterocycles. The van der Waals surface area contributed by atoms with Gasteiger partial charge in [-0.2, -0.15) is 0 Å². The monoisotopic (exact) mass is 421 g/mol. The van der Waals surface area contributed by atoms with Crippen LogP contribution in [0.3, 0.4) is 0 Å². The van der Waals surface area contributed by atoms with E-state index in [1.54, 1.807) is 77.9 Å². The van der Waals surface area contributed by atoms with Crippen LogP contribution in [0.25, 0.3) is 5.82 Å². The van der Waals surface area contributed by atoms with Gasteiger partial charge in [0.15, 0.2) is 5.82 Å². The first-order valence-electron chi connectivity index (χ1n) is 8.87. The van der Waals surface area contributed by atoms with Crippen LogP contribution >= 0.6 is 11.6 Å². The number of nitrogens with one attached hydrogen (secondary N) is 1. The zero-order chi connectivity index (χ0) is 20.9. The van der Waals surface area contributed by atoms with Gasteiger partial charge in [0.1, 0.15) is 17.8 Å². The third-order valence-corrected chi connectivity index (χ3v) is 4.37. The highest BCUT2D eigenvalue weighted by molar-refractivity contribution is 6.31. The Kier molecular flexibility index (Phi) is 5.58. The van der Waals surface area contributed by atoms with Gasteiger partial charge in [-0.15, -0.1) is 10.2 Å². The van der Waals surface area contributed by atoms with Crippen molar-refractivity contribution in [1.29, 1.82) is 0 Å². The van der Waals surface area contributed by atoms with E-state index < -0.39 is 0 Å². The Labute approximate surface area is 177 Å². The average molecular weight is 422 g/mol. The second-order valence-corrected chi connectivity index (χ2v) is 6.56. The predicted molar refractivity (Wildman–Crippen MR) is 112 cm³/mol. The van der Waals surface area contributed by atoms with Crippen molar-refractivity contribution in [2.45, 2.75) is 0 Å². The summed E-state index contributed by atoms with van der Waals surface area (Å²) in [6, 6.07) is 15.2. The number of nitrogens with zero attached hydrogens (tertiary/aromatic N) is 4. The summed E-state index contributed by atoms with van der Waals surface area (Å²) >= 11 is 5.99. The Morgan fingerprint density at radius 3 is 2.57 bits per heavy atom. The average Bonchev–Trinajstić information content (AvgIpc) is 3.30. The minimum absolute atomic E-state index is 0.330. The molecule has 0 saturated carbocycles. The van der Waals surface area contributed by atoms with Crippen LogP contribution in [-0.4, -0.2) is 32.8 Å². The van der Waals surface area contributed by atoms with E-state index in [1.807, 2.05) is 0 Å². The van der Waals surface area contributed by atoms with Gasteiger partial charge in [0, 0.05) is 29.2 Å². The molecule has 0 aliphatic carbocycles. The number of imidazole rings is 1. The molecular formula is C21H16ClN5O3. The number of aromatic nitrogens is 4. The third kappa shape index (κ3) is 4.39. The lowest BCUT2D eigenvalue weighted by atomic mass is 10.2. The van der Waals surface area contributed by atoms with Gasteiger partial charge in [-0.1, -0.05) is 11.6 Å². The number of carbonyl (C=O) groups excluding carboxylic acids is 1. The Morgan fingerprint density at radius 1 is 1.07 bits per heavy atom. The number of methoxy groups -OCH3 is 1. The lowest BCUT2D eigenvalue weighted by Crippen LogP contribution is -2.13. The molecular weight excluding hydrogens is 406 g/mol. The Morgan fingerprint density at radius 2 is 1.90 bits per heavy atom. The number of carbonyl (C=O) groups is 1. The predicted octanol–water partition coefficient (Wildman–Crippen LogP) is 4.37. The molecule has 150 valence electrons. The van der Waals surface area contributed by atoms with Crippen molar-refractivity contribution in [3.63, 3.8) is 0 Å². The lowest BCUT2D eigenvalue weighted by Gasteiger charge is -2.10. The fraction of sp³-hybridized carbons (Fsp3) is 0.0476. The van der Waals surface area contributed by atoms with Crippen LogP contribution in [0.1, 0.15) is 10.4 Å². The smallest absolute Gasteiger partial charge is 0.259 e. The molecule has 9 heteroatoms. The third-order valence-electron chi connectivity index (χ3n) is 4.14. The first kappa shape index (κ1) is 19.4. The number of hydrogen-bond acceptors (Lipinski definition) is 6. The SMILES string of the molecule is COc1ccc(Cl)cc1C(=O)Nc1ccc(Oc2ccc(-n3ccnc3)nn2)cc1. The summed E-state index contributed by atoms with van der Waals surface area (Å²) in [5.41, 5.74) is 0.939. The maximum Gasteiger partial charge on any atom is 0.259 e. The summed E-state index contributed by atoms with van der Waals surface area (Å²) in [7, 11) is 1.50. The van der Waals surface area contributed by atoms with E-state index in [2.05, 4.69) is 20.5 Å². The lowest BCUT2D eigenvalue weighted by molar-refractivity contribution is 0.102.